The van der Waals surface area contributed by atoms with Gasteiger partial charge >= 0.3 is 0 Å². The molecule has 13 aromatic rings. The van der Waals surface area contributed by atoms with Gasteiger partial charge in [-0.05, 0) is 110 Å². The third kappa shape index (κ3) is 7.90. The van der Waals surface area contributed by atoms with Crippen molar-refractivity contribution in [3.63, 3.8) is 0 Å². The van der Waals surface area contributed by atoms with Crippen molar-refractivity contribution in [3.05, 3.63) is 284 Å². The first-order chi connectivity index (χ1) is 35.2. The molecule has 71 heavy (non-hydrogen) atoms. The van der Waals surface area contributed by atoms with Crippen molar-refractivity contribution in [1.29, 1.82) is 0 Å². The molecule has 2 aromatic heterocycles. The first-order valence-corrected chi connectivity index (χ1v) is 24.7. The highest BCUT2D eigenvalue weighted by molar-refractivity contribution is 6.13. The Morgan fingerprint density at radius 2 is 0.704 bits per heavy atom. The molecule has 0 radical (unpaired) electrons. The quantitative estimate of drug-likeness (QED) is 0.126. The minimum atomic E-state index is 0.203. The molecule has 0 spiro atoms. The Bertz CT molecular complexity index is 3980. The molecule has 0 bridgehead atoms. The molecule has 11 aromatic carbocycles. The number of aromatic nitrogens is 1. The van der Waals surface area contributed by atoms with Gasteiger partial charge in [0.05, 0.1) is 11.0 Å². The number of fused-ring (bicyclic) bond motifs is 6. The number of aryl methyl sites for hydroxylation is 1. The van der Waals surface area contributed by atoms with Crippen LogP contribution in [0.5, 0.6) is 0 Å². The second-order valence-electron chi connectivity index (χ2n) is 18.7. The van der Waals surface area contributed by atoms with Gasteiger partial charge in [0, 0.05) is 44.3 Å². The van der Waals surface area contributed by atoms with E-state index in [-0.39, 0.29) is 5.92 Å². The minimum Gasteiger partial charge on any atom is -0.455 e. The van der Waals surface area contributed by atoms with E-state index in [1.165, 1.54) is 71.9 Å². The maximum atomic E-state index is 6.81. The molecule has 2 heterocycles. The number of furan rings is 1. The van der Waals surface area contributed by atoms with Crippen molar-refractivity contribution >= 4 is 43.7 Å². The molecule has 0 fully saturated rings. The molecule has 0 aliphatic heterocycles. The van der Waals surface area contributed by atoms with E-state index in [1.807, 2.05) is 0 Å². The van der Waals surface area contributed by atoms with Crippen LogP contribution in [0.2, 0.25) is 0 Å². The average Bonchev–Trinajstić information content (AvgIpc) is 4.00. The molecular weight excluding hydrogens is 859 g/mol. The Morgan fingerprint density at radius 3 is 1.23 bits per heavy atom. The van der Waals surface area contributed by atoms with E-state index in [0.717, 1.165) is 62.7 Å². The van der Waals surface area contributed by atoms with E-state index >= 15 is 0 Å². The third-order valence-electron chi connectivity index (χ3n) is 14.5. The molecule has 0 amide bonds. The zero-order valence-corrected chi connectivity index (χ0v) is 39.3. The van der Waals surface area contributed by atoms with Crippen LogP contribution in [0.4, 0.5) is 0 Å². The third-order valence-corrected chi connectivity index (χ3v) is 14.5. The van der Waals surface area contributed by atoms with E-state index in [1.54, 1.807) is 0 Å². The fourth-order valence-electron chi connectivity index (χ4n) is 10.9. The van der Waals surface area contributed by atoms with E-state index in [4.69, 9.17) is 4.42 Å². The van der Waals surface area contributed by atoms with Crippen LogP contribution in [-0.2, 0) is 6.42 Å². The van der Waals surface area contributed by atoms with E-state index < -0.39 is 0 Å². The van der Waals surface area contributed by atoms with E-state index in [9.17, 15) is 0 Å². The fourth-order valence-corrected chi connectivity index (χ4v) is 10.9. The van der Waals surface area contributed by atoms with Gasteiger partial charge in [-0.1, -0.05) is 231 Å². The van der Waals surface area contributed by atoms with Gasteiger partial charge in [0.15, 0.2) is 0 Å². The molecule has 336 valence electrons. The average molecular weight is 908 g/mol. The number of hydrogen-bond donors (Lipinski definition) is 0. The first kappa shape index (κ1) is 42.1. The van der Waals surface area contributed by atoms with Gasteiger partial charge in [0.2, 0.25) is 0 Å². The number of rotatable bonds is 11. The summed E-state index contributed by atoms with van der Waals surface area (Å²) in [5.74, 6) is 0.203. The minimum absolute atomic E-state index is 0.203. The molecule has 13 rings (SSSR count). The number of benzene rings is 11. The van der Waals surface area contributed by atoms with Gasteiger partial charge in [0.25, 0.3) is 0 Å². The SMILES string of the molecule is c1ccc(-c2ccc(C(CCc3ccc(-c4ccc5c(c4)c4cc(-c6ccccc6)ccc4n5-c4ccccc4)cc3)c3ccc(-c4cccc5c4oc4c(-c6ccccc6)cccc45)cc3)cc2)cc1. The number of nitrogens with zero attached hydrogens (tertiary/aromatic N) is 1. The smallest absolute Gasteiger partial charge is 0.143 e. The molecule has 1 atom stereocenters. The van der Waals surface area contributed by atoms with Crippen molar-refractivity contribution in [3.8, 4) is 61.3 Å². The Labute approximate surface area is 414 Å². The molecule has 0 aliphatic carbocycles. The molecule has 0 saturated carbocycles. The van der Waals surface area contributed by atoms with Crippen LogP contribution in [0.3, 0.4) is 0 Å². The Balaban J connectivity index is 0.815. The molecule has 2 heteroatoms. The number of para-hydroxylation sites is 3. The molecule has 0 saturated heterocycles. The van der Waals surface area contributed by atoms with Crippen LogP contribution in [0.1, 0.15) is 29.0 Å². The second kappa shape index (κ2) is 18.2. The lowest BCUT2D eigenvalue weighted by molar-refractivity contribution is 0.671. The predicted octanol–water partition coefficient (Wildman–Crippen LogP) is 18.8. The Hall–Kier alpha value is -8.98. The molecule has 0 N–H and O–H groups in total. The van der Waals surface area contributed by atoms with Crippen molar-refractivity contribution < 1.29 is 4.42 Å². The predicted molar refractivity (Wildman–Crippen MR) is 298 cm³/mol. The molecule has 2 nitrogen and oxygen atoms in total. The van der Waals surface area contributed by atoms with E-state index in [0.29, 0.717) is 0 Å². The Kier molecular flexibility index (Phi) is 10.8. The van der Waals surface area contributed by atoms with Gasteiger partial charge in [0.1, 0.15) is 11.2 Å². The van der Waals surface area contributed by atoms with Crippen LogP contribution >= 0.6 is 0 Å². The summed E-state index contributed by atoms with van der Waals surface area (Å²) < 4.78 is 9.21. The maximum absolute atomic E-state index is 6.81. The lowest BCUT2D eigenvalue weighted by Crippen LogP contribution is -2.03. The molecular formula is C69H49NO. The summed E-state index contributed by atoms with van der Waals surface area (Å²) in [6.45, 7) is 0. The van der Waals surface area contributed by atoms with E-state index in [2.05, 4.69) is 271 Å². The van der Waals surface area contributed by atoms with Crippen molar-refractivity contribution in [2.75, 3.05) is 0 Å². The zero-order valence-electron chi connectivity index (χ0n) is 39.3. The van der Waals surface area contributed by atoms with Crippen LogP contribution in [0.25, 0.3) is 105 Å². The second-order valence-corrected chi connectivity index (χ2v) is 18.7. The van der Waals surface area contributed by atoms with Gasteiger partial charge in [-0.25, -0.2) is 0 Å². The summed E-state index contributed by atoms with van der Waals surface area (Å²) in [5.41, 5.74) is 21.2. The lowest BCUT2D eigenvalue weighted by atomic mass is 9.85. The van der Waals surface area contributed by atoms with Crippen molar-refractivity contribution in [1.82, 2.24) is 4.57 Å². The topological polar surface area (TPSA) is 18.1 Å². The largest absolute Gasteiger partial charge is 0.455 e. The van der Waals surface area contributed by atoms with Gasteiger partial charge < -0.3 is 8.98 Å². The number of hydrogen-bond acceptors (Lipinski definition) is 1. The highest BCUT2D eigenvalue weighted by atomic mass is 16.3. The van der Waals surface area contributed by atoms with Gasteiger partial charge in [-0.15, -0.1) is 0 Å². The standard InChI is InChI=1S/C69H49NO/c1-5-15-48(16-6-1)50-32-34-53(35-33-50)59(54-36-38-55(39-37-54)61-24-14-26-63-62-25-13-23-60(68(62)71-69(61)63)52-19-9-3-10-20-52)42-29-47-27-30-51(31-28-47)57-41-44-67-65(46-57)64-45-56(49-17-7-2-8-18-49)40-43-66(64)70(67)58-21-11-4-12-22-58/h1-28,30-41,43-46,59H,29,42H2. The molecule has 0 aliphatic rings. The summed E-state index contributed by atoms with van der Waals surface area (Å²) in [6.07, 6.45) is 1.92. The normalized spacial score (nSPS) is 12.0. The van der Waals surface area contributed by atoms with Crippen LogP contribution in [0, 0.1) is 0 Å². The van der Waals surface area contributed by atoms with Crippen LogP contribution in [-0.4, -0.2) is 4.57 Å². The van der Waals surface area contributed by atoms with Crippen LogP contribution < -0.4 is 0 Å². The summed E-state index contributed by atoms with van der Waals surface area (Å²) >= 11 is 0. The van der Waals surface area contributed by atoms with Crippen LogP contribution in [0.15, 0.2) is 271 Å². The summed E-state index contributed by atoms with van der Waals surface area (Å²) in [7, 11) is 0. The Morgan fingerprint density at radius 1 is 0.310 bits per heavy atom. The monoisotopic (exact) mass is 907 g/mol. The van der Waals surface area contributed by atoms with Crippen molar-refractivity contribution in [2.45, 2.75) is 18.8 Å². The fraction of sp³-hybridized carbons (Fsp3) is 0.0435. The highest BCUT2D eigenvalue weighted by Crippen LogP contribution is 2.42. The lowest BCUT2D eigenvalue weighted by Gasteiger charge is -2.20. The summed E-state index contributed by atoms with van der Waals surface area (Å²) in [6, 6.07) is 97.2. The maximum Gasteiger partial charge on any atom is 0.143 e. The van der Waals surface area contributed by atoms with Crippen molar-refractivity contribution in [2.24, 2.45) is 0 Å². The highest BCUT2D eigenvalue weighted by Gasteiger charge is 2.20. The van der Waals surface area contributed by atoms with Gasteiger partial charge in [-0.2, -0.15) is 0 Å². The molecule has 1 unspecified atom stereocenters. The zero-order chi connectivity index (χ0) is 47.1. The summed E-state index contributed by atoms with van der Waals surface area (Å²) in [5, 5.41) is 4.78. The summed E-state index contributed by atoms with van der Waals surface area (Å²) in [4.78, 5) is 0. The first-order valence-electron chi connectivity index (χ1n) is 24.7. The van der Waals surface area contributed by atoms with Gasteiger partial charge in [-0.3, -0.25) is 0 Å².